The van der Waals surface area contributed by atoms with Crippen LogP contribution in [0.4, 0.5) is 0 Å². The molecule has 0 radical (unpaired) electrons. The Morgan fingerprint density at radius 3 is 1.84 bits per heavy atom. The molecular weight excluding hydrogens is 534 g/mol. The van der Waals surface area contributed by atoms with Gasteiger partial charge in [-0.2, -0.15) is 0 Å². The van der Waals surface area contributed by atoms with E-state index in [9.17, 15) is 0 Å². The second-order valence-electron chi connectivity index (χ2n) is 11.5. The van der Waals surface area contributed by atoms with Crippen LogP contribution in [0.15, 0.2) is 146 Å². The molecule has 7 aromatic carbocycles. The Bertz CT molecular complexity index is 2520. The highest BCUT2D eigenvalue weighted by Gasteiger charge is 2.15. The van der Waals surface area contributed by atoms with Gasteiger partial charge in [0.1, 0.15) is 0 Å². The first-order valence-electron chi connectivity index (χ1n) is 15.0. The molecule has 0 spiro atoms. The summed E-state index contributed by atoms with van der Waals surface area (Å²) in [6, 6.07) is 49.8. The summed E-state index contributed by atoms with van der Waals surface area (Å²) >= 11 is 0. The van der Waals surface area contributed by atoms with Crippen molar-refractivity contribution in [3.8, 4) is 28.1 Å². The zero-order valence-corrected chi connectivity index (χ0v) is 24.2. The Labute approximate surface area is 254 Å². The zero-order chi connectivity index (χ0) is 29.2. The van der Waals surface area contributed by atoms with Gasteiger partial charge in [0.05, 0.1) is 34.0 Å². The lowest BCUT2D eigenvalue weighted by Gasteiger charge is -2.11. The third kappa shape index (κ3) is 3.76. The summed E-state index contributed by atoms with van der Waals surface area (Å²) in [5.41, 5.74) is 11.0. The fourth-order valence-corrected chi connectivity index (χ4v) is 6.79. The Balaban J connectivity index is 1.21. The molecule has 0 N–H and O–H groups in total. The highest BCUT2D eigenvalue weighted by Crippen LogP contribution is 2.37. The van der Waals surface area contributed by atoms with Crippen LogP contribution in [-0.4, -0.2) is 14.5 Å². The van der Waals surface area contributed by atoms with Crippen LogP contribution in [0.5, 0.6) is 0 Å². The lowest BCUT2D eigenvalue weighted by Crippen LogP contribution is -1.93. The van der Waals surface area contributed by atoms with Gasteiger partial charge >= 0.3 is 0 Å². The van der Waals surface area contributed by atoms with Crippen LogP contribution < -0.4 is 0 Å². The first kappa shape index (κ1) is 24.8. The number of hydrogen-bond donors (Lipinski definition) is 0. The highest BCUT2D eigenvalue weighted by atomic mass is 15.0. The van der Waals surface area contributed by atoms with E-state index in [4.69, 9.17) is 9.97 Å². The molecule has 44 heavy (non-hydrogen) atoms. The second-order valence-corrected chi connectivity index (χ2v) is 11.5. The molecule has 0 amide bonds. The summed E-state index contributed by atoms with van der Waals surface area (Å²) in [7, 11) is 0. The minimum atomic E-state index is 0.872. The standard InChI is InChI=1S/C41H27N3/c1-26-18-20-38-35(22-26)36-24-28(19-21-39(36)44(38)30-12-3-2-4-13-30)27-10-9-11-29(23-27)37-25-42-40-33-16-7-5-14-31(33)32-15-6-8-17-34(32)41(40)43-37/h2-25H,1H3. The number of aromatic nitrogens is 3. The minimum absolute atomic E-state index is 0.872. The van der Waals surface area contributed by atoms with Crippen LogP contribution in [0.2, 0.25) is 0 Å². The Hall–Kier alpha value is -5.80. The van der Waals surface area contributed by atoms with Crippen molar-refractivity contribution in [2.75, 3.05) is 0 Å². The number of nitrogens with zero attached hydrogens (tertiary/aromatic N) is 3. The summed E-state index contributed by atoms with van der Waals surface area (Å²) in [6.07, 6.45) is 1.92. The van der Waals surface area contributed by atoms with Crippen LogP contribution in [0.1, 0.15) is 5.56 Å². The third-order valence-electron chi connectivity index (χ3n) is 8.85. The molecule has 0 saturated carbocycles. The smallest absolute Gasteiger partial charge is 0.0979 e. The van der Waals surface area contributed by atoms with Crippen molar-refractivity contribution >= 4 is 54.4 Å². The van der Waals surface area contributed by atoms with Crippen molar-refractivity contribution in [2.24, 2.45) is 0 Å². The van der Waals surface area contributed by atoms with Crippen molar-refractivity contribution in [3.63, 3.8) is 0 Å². The van der Waals surface area contributed by atoms with E-state index < -0.39 is 0 Å². The van der Waals surface area contributed by atoms with Crippen molar-refractivity contribution in [2.45, 2.75) is 6.92 Å². The number of hydrogen-bond acceptors (Lipinski definition) is 2. The minimum Gasteiger partial charge on any atom is -0.309 e. The molecule has 0 aliphatic heterocycles. The van der Waals surface area contributed by atoms with E-state index in [0.717, 1.165) is 38.6 Å². The molecule has 3 heteroatoms. The average Bonchev–Trinajstić information content (AvgIpc) is 3.41. The molecule has 9 rings (SSSR count). The molecule has 0 aliphatic rings. The van der Waals surface area contributed by atoms with Gasteiger partial charge < -0.3 is 4.57 Å². The van der Waals surface area contributed by atoms with E-state index >= 15 is 0 Å². The topological polar surface area (TPSA) is 30.7 Å². The van der Waals surface area contributed by atoms with E-state index in [0.29, 0.717) is 0 Å². The molecule has 2 aromatic heterocycles. The van der Waals surface area contributed by atoms with Gasteiger partial charge in [-0.1, -0.05) is 103 Å². The monoisotopic (exact) mass is 561 g/mol. The molecule has 0 atom stereocenters. The summed E-state index contributed by atoms with van der Waals surface area (Å²) in [5.74, 6) is 0. The van der Waals surface area contributed by atoms with Crippen LogP contribution in [-0.2, 0) is 0 Å². The molecule has 0 bridgehead atoms. The lowest BCUT2D eigenvalue weighted by atomic mass is 9.98. The molecule has 0 aliphatic carbocycles. The van der Waals surface area contributed by atoms with Gasteiger partial charge in [-0.05, 0) is 71.3 Å². The lowest BCUT2D eigenvalue weighted by molar-refractivity contribution is 1.18. The van der Waals surface area contributed by atoms with Gasteiger partial charge in [-0.15, -0.1) is 0 Å². The maximum absolute atomic E-state index is 5.23. The SMILES string of the molecule is Cc1ccc2c(c1)c1cc(-c3cccc(-c4cnc5c6ccccc6c6ccccc6c5n4)c3)ccc1n2-c1ccccc1. The van der Waals surface area contributed by atoms with E-state index in [2.05, 4.69) is 151 Å². The van der Waals surface area contributed by atoms with Crippen molar-refractivity contribution < 1.29 is 0 Å². The average molecular weight is 562 g/mol. The fourth-order valence-electron chi connectivity index (χ4n) is 6.79. The first-order chi connectivity index (χ1) is 21.7. The molecule has 2 heterocycles. The fraction of sp³-hybridized carbons (Fsp3) is 0.0244. The molecule has 9 aromatic rings. The van der Waals surface area contributed by atoms with E-state index in [-0.39, 0.29) is 0 Å². The van der Waals surface area contributed by atoms with E-state index in [1.807, 2.05) is 6.20 Å². The number of aryl methyl sites for hydroxylation is 1. The predicted octanol–water partition coefficient (Wildman–Crippen LogP) is 10.7. The largest absolute Gasteiger partial charge is 0.309 e. The summed E-state index contributed by atoms with van der Waals surface area (Å²) in [5, 5.41) is 7.18. The van der Waals surface area contributed by atoms with Gasteiger partial charge in [0.2, 0.25) is 0 Å². The maximum atomic E-state index is 5.23. The van der Waals surface area contributed by atoms with Crippen LogP contribution >= 0.6 is 0 Å². The summed E-state index contributed by atoms with van der Waals surface area (Å²) in [4.78, 5) is 10.2. The van der Waals surface area contributed by atoms with Gasteiger partial charge in [0, 0.05) is 32.8 Å². The second kappa shape index (κ2) is 9.62. The molecule has 0 fully saturated rings. The normalized spacial score (nSPS) is 11.8. The van der Waals surface area contributed by atoms with Crippen molar-refractivity contribution in [3.05, 3.63) is 151 Å². The highest BCUT2D eigenvalue weighted by molar-refractivity contribution is 6.23. The van der Waals surface area contributed by atoms with Gasteiger partial charge in [0.15, 0.2) is 0 Å². The number of benzene rings is 7. The molecule has 0 saturated heterocycles. The Morgan fingerprint density at radius 2 is 1.07 bits per heavy atom. The third-order valence-corrected chi connectivity index (χ3v) is 8.85. The Kier molecular flexibility index (Phi) is 5.41. The van der Waals surface area contributed by atoms with Crippen molar-refractivity contribution in [1.82, 2.24) is 14.5 Å². The Morgan fingerprint density at radius 1 is 0.455 bits per heavy atom. The first-order valence-corrected chi connectivity index (χ1v) is 15.0. The van der Waals surface area contributed by atoms with Crippen LogP contribution in [0, 0.1) is 6.92 Å². The van der Waals surface area contributed by atoms with E-state index in [1.54, 1.807) is 0 Å². The van der Waals surface area contributed by atoms with Gasteiger partial charge in [-0.25, -0.2) is 4.98 Å². The molecule has 3 nitrogen and oxygen atoms in total. The van der Waals surface area contributed by atoms with Crippen molar-refractivity contribution in [1.29, 1.82) is 0 Å². The zero-order valence-electron chi connectivity index (χ0n) is 24.2. The quantitative estimate of drug-likeness (QED) is 0.201. The van der Waals surface area contributed by atoms with Crippen LogP contribution in [0.25, 0.3) is 82.5 Å². The molecule has 0 unspecified atom stereocenters. The summed E-state index contributed by atoms with van der Waals surface area (Å²) in [6.45, 7) is 2.16. The van der Waals surface area contributed by atoms with Crippen LogP contribution in [0.3, 0.4) is 0 Å². The van der Waals surface area contributed by atoms with E-state index in [1.165, 1.54) is 49.4 Å². The molecule has 206 valence electrons. The summed E-state index contributed by atoms with van der Waals surface area (Å²) < 4.78 is 2.36. The molecular formula is C41H27N3. The number of rotatable bonds is 3. The maximum Gasteiger partial charge on any atom is 0.0979 e. The number of para-hydroxylation sites is 1. The number of fused-ring (bicyclic) bond motifs is 9. The van der Waals surface area contributed by atoms with Gasteiger partial charge in [0.25, 0.3) is 0 Å². The predicted molar refractivity (Wildman–Crippen MR) is 184 cm³/mol. The van der Waals surface area contributed by atoms with Gasteiger partial charge in [-0.3, -0.25) is 4.98 Å².